The highest BCUT2D eigenvalue weighted by atomic mass is 16.4. The van der Waals surface area contributed by atoms with Gasteiger partial charge in [0.05, 0.1) is 5.92 Å². The van der Waals surface area contributed by atoms with E-state index in [2.05, 4.69) is 12.1 Å². The van der Waals surface area contributed by atoms with E-state index < -0.39 is 11.9 Å². The fraction of sp³-hybridized carbons (Fsp3) is 0.579. The van der Waals surface area contributed by atoms with Crippen LogP contribution in [0.15, 0.2) is 30.3 Å². The molecule has 0 bridgehead atoms. The molecule has 1 aromatic carbocycles. The second kappa shape index (κ2) is 8.14. The van der Waals surface area contributed by atoms with Crippen molar-refractivity contribution in [3.05, 3.63) is 35.9 Å². The molecule has 1 aromatic rings. The quantitative estimate of drug-likeness (QED) is 0.876. The number of likely N-dealkylation sites (tertiary alicyclic amines) is 1. The molecule has 126 valence electrons. The van der Waals surface area contributed by atoms with Gasteiger partial charge in [0.25, 0.3) is 0 Å². The SMILES string of the molecule is CC1CC(C(=O)O)CN(C(=O)C(C)CCCc2ccccc2)C1. The van der Waals surface area contributed by atoms with Crippen LogP contribution in [0.2, 0.25) is 0 Å². The van der Waals surface area contributed by atoms with Gasteiger partial charge in [-0.15, -0.1) is 0 Å². The van der Waals surface area contributed by atoms with E-state index >= 15 is 0 Å². The first-order valence-electron chi connectivity index (χ1n) is 8.53. The highest BCUT2D eigenvalue weighted by Crippen LogP contribution is 2.24. The number of aryl methyl sites for hydroxylation is 1. The Morgan fingerprint density at radius 3 is 2.61 bits per heavy atom. The number of carbonyl (C=O) groups excluding carboxylic acids is 1. The third kappa shape index (κ3) is 5.08. The van der Waals surface area contributed by atoms with Crippen molar-refractivity contribution >= 4 is 11.9 Å². The smallest absolute Gasteiger partial charge is 0.308 e. The van der Waals surface area contributed by atoms with Gasteiger partial charge in [0.15, 0.2) is 0 Å². The summed E-state index contributed by atoms with van der Waals surface area (Å²) in [6.07, 6.45) is 3.47. The number of aliphatic carboxylic acids is 1. The predicted molar refractivity (Wildman–Crippen MR) is 90.0 cm³/mol. The number of hydrogen-bond donors (Lipinski definition) is 1. The average Bonchev–Trinajstić information content (AvgIpc) is 2.54. The van der Waals surface area contributed by atoms with Crippen LogP contribution in [0, 0.1) is 17.8 Å². The highest BCUT2D eigenvalue weighted by Gasteiger charge is 2.33. The zero-order valence-corrected chi connectivity index (χ0v) is 14.1. The van der Waals surface area contributed by atoms with Gasteiger partial charge in [0, 0.05) is 19.0 Å². The predicted octanol–water partition coefficient (Wildman–Crippen LogP) is 3.21. The molecule has 1 aliphatic rings. The third-order valence-corrected chi connectivity index (χ3v) is 4.69. The van der Waals surface area contributed by atoms with Gasteiger partial charge >= 0.3 is 5.97 Å². The van der Waals surface area contributed by atoms with Crippen molar-refractivity contribution in [1.82, 2.24) is 4.90 Å². The van der Waals surface area contributed by atoms with E-state index in [1.807, 2.05) is 32.0 Å². The van der Waals surface area contributed by atoms with Crippen molar-refractivity contribution < 1.29 is 14.7 Å². The van der Waals surface area contributed by atoms with Gasteiger partial charge in [-0.25, -0.2) is 0 Å². The van der Waals surface area contributed by atoms with Crippen LogP contribution in [0.4, 0.5) is 0 Å². The summed E-state index contributed by atoms with van der Waals surface area (Å²) in [5, 5.41) is 9.22. The molecule has 0 aliphatic carbocycles. The van der Waals surface area contributed by atoms with Crippen molar-refractivity contribution in [2.24, 2.45) is 17.8 Å². The van der Waals surface area contributed by atoms with Crippen LogP contribution in [-0.4, -0.2) is 35.0 Å². The minimum absolute atomic E-state index is 0.0431. The minimum Gasteiger partial charge on any atom is -0.481 e. The number of hydrogen-bond acceptors (Lipinski definition) is 2. The van der Waals surface area contributed by atoms with E-state index in [0.29, 0.717) is 19.5 Å². The molecule has 1 fully saturated rings. The summed E-state index contributed by atoms with van der Waals surface area (Å²) in [6.45, 7) is 5.03. The number of amides is 1. The van der Waals surface area contributed by atoms with Crippen molar-refractivity contribution in [2.75, 3.05) is 13.1 Å². The molecular formula is C19H27NO3. The Kier molecular flexibility index (Phi) is 6.20. The van der Waals surface area contributed by atoms with E-state index in [9.17, 15) is 14.7 Å². The molecule has 1 heterocycles. The standard InChI is InChI=1S/C19H27NO3/c1-14-11-17(19(22)23)13-20(12-14)18(21)15(2)7-6-10-16-8-4-3-5-9-16/h3-5,8-9,14-15,17H,6-7,10-13H2,1-2H3,(H,22,23). The molecule has 1 N–H and O–H groups in total. The summed E-state index contributed by atoms with van der Waals surface area (Å²) in [7, 11) is 0. The Bertz CT molecular complexity index is 529. The molecule has 0 radical (unpaired) electrons. The van der Waals surface area contributed by atoms with Crippen molar-refractivity contribution in [1.29, 1.82) is 0 Å². The fourth-order valence-corrected chi connectivity index (χ4v) is 3.40. The van der Waals surface area contributed by atoms with Gasteiger partial charge in [-0.1, -0.05) is 44.2 Å². The monoisotopic (exact) mass is 317 g/mol. The second-order valence-corrected chi connectivity index (χ2v) is 6.90. The molecule has 1 aliphatic heterocycles. The molecule has 3 atom stereocenters. The number of carboxylic acid groups (broad SMARTS) is 1. The summed E-state index contributed by atoms with van der Waals surface area (Å²) in [6, 6.07) is 10.3. The van der Waals surface area contributed by atoms with Crippen LogP contribution in [0.25, 0.3) is 0 Å². The maximum atomic E-state index is 12.6. The maximum absolute atomic E-state index is 12.6. The lowest BCUT2D eigenvalue weighted by Gasteiger charge is -2.36. The minimum atomic E-state index is -0.786. The third-order valence-electron chi connectivity index (χ3n) is 4.69. The Hall–Kier alpha value is -1.84. The van der Waals surface area contributed by atoms with Crippen LogP contribution >= 0.6 is 0 Å². The molecule has 0 aromatic heterocycles. The normalized spacial score (nSPS) is 22.6. The first kappa shape index (κ1) is 17.5. The zero-order valence-electron chi connectivity index (χ0n) is 14.1. The van der Waals surface area contributed by atoms with E-state index in [1.54, 1.807) is 4.90 Å². The lowest BCUT2D eigenvalue weighted by atomic mass is 9.89. The van der Waals surface area contributed by atoms with E-state index in [0.717, 1.165) is 19.3 Å². The number of carboxylic acids is 1. The number of nitrogens with zero attached hydrogens (tertiary/aromatic N) is 1. The van der Waals surface area contributed by atoms with Gasteiger partial charge in [0.2, 0.25) is 5.91 Å². The number of benzene rings is 1. The summed E-state index contributed by atoms with van der Waals surface area (Å²) in [5.74, 6) is -0.884. The van der Waals surface area contributed by atoms with E-state index in [4.69, 9.17) is 0 Å². The fourth-order valence-electron chi connectivity index (χ4n) is 3.40. The van der Waals surface area contributed by atoms with E-state index in [1.165, 1.54) is 5.56 Å². The summed E-state index contributed by atoms with van der Waals surface area (Å²) in [5.41, 5.74) is 1.30. The first-order valence-corrected chi connectivity index (χ1v) is 8.53. The van der Waals surface area contributed by atoms with Gasteiger partial charge < -0.3 is 10.0 Å². The number of rotatable bonds is 6. The molecule has 0 saturated carbocycles. The van der Waals surface area contributed by atoms with Crippen molar-refractivity contribution in [2.45, 2.75) is 39.5 Å². The van der Waals surface area contributed by atoms with E-state index in [-0.39, 0.29) is 17.7 Å². The van der Waals surface area contributed by atoms with Gasteiger partial charge in [-0.3, -0.25) is 9.59 Å². The topological polar surface area (TPSA) is 57.6 Å². The van der Waals surface area contributed by atoms with Crippen molar-refractivity contribution in [3.63, 3.8) is 0 Å². The first-order chi connectivity index (χ1) is 11.0. The van der Waals surface area contributed by atoms with Crippen LogP contribution < -0.4 is 0 Å². The second-order valence-electron chi connectivity index (χ2n) is 6.90. The molecule has 4 nitrogen and oxygen atoms in total. The van der Waals surface area contributed by atoms with Crippen molar-refractivity contribution in [3.8, 4) is 0 Å². The van der Waals surface area contributed by atoms with Crippen LogP contribution in [0.1, 0.15) is 38.7 Å². The summed E-state index contributed by atoms with van der Waals surface area (Å²) < 4.78 is 0. The average molecular weight is 317 g/mol. The Morgan fingerprint density at radius 1 is 1.26 bits per heavy atom. The van der Waals surface area contributed by atoms with Crippen LogP contribution in [0.3, 0.4) is 0 Å². The van der Waals surface area contributed by atoms with Gasteiger partial charge in [-0.2, -0.15) is 0 Å². The van der Waals surface area contributed by atoms with Gasteiger partial charge in [0.1, 0.15) is 0 Å². The molecule has 1 amide bonds. The lowest BCUT2D eigenvalue weighted by molar-refractivity contribution is -0.148. The van der Waals surface area contributed by atoms with Gasteiger partial charge in [-0.05, 0) is 37.2 Å². The number of carbonyl (C=O) groups is 2. The van der Waals surface area contributed by atoms with Crippen LogP contribution in [-0.2, 0) is 16.0 Å². The Balaban J connectivity index is 1.82. The summed E-state index contributed by atoms with van der Waals surface area (Å²) >= 11 is 0. The zero-order chi connectivity index (χ0) is 16.8. The Morgan fingerprint density at radius 2 is 1.96 bits per heavy atom. The maximum Gasteiger partial charge on any atom is 0.308 e. The molecule has 4 heteroatoms. The number of piperidine rings is 1. The molecule has 23 heavy (non-hydrogen) atoms. The molecule has 3 unspecified atom stereocenters. The molecule has 0 spiro atoms. The molecular weight excluding hydrogens is 290 g/mol. The lowest BCUT2D eigenvalue weighted by Crippen LogP contribution is -2.47. The molecule has 1 saturated heterocycles. The largest absolute Gasteiger partial charge is 0.481 e. The Labute approximate surface area is 138 Å². The summed E-state index contributed by atoms with van der Waals surface area (Å²) in [4.78, 5) is 25.6. The van der Waals surface area contributed by atoms with Crippen LogP contribution in [0.5, 0.6) is 0 Å². The highest BCUT2D eigenvalue weighted by molar-refractivity contribution is 5.80. The molecule has 2 rings (SSSR count).